The van der Waals surface area contributed by atoms with Crippen molar-refractivity contribution in [3.63, 3.8) is 0 Å². The SMILES string of the molecule is COc1ccc(C(=O)CCC(=O)N/N=C/c2csc3c(Cl)cccc23)cc1OC. The molecule has 0 radical (unpaired) electrons. The van der Waals surface area contributed by atoms with E-state index in [0.717, 1.165) is 15.6 Å². The molecule has 3 aromatic rings. The molecular formula is C21H19ClN2O4S. The second-order valence-electron chi connectivity index (χ2n) is 6.09. The number of ether oxygens (including phenoxy) is 2. The van der Waals surface area contributed by atoms with E-state index in [2.05, 4.69) is 10.5 Å². The molecule has 0 aliphatic carbocycles. The van der Waals surface area contributed by atoms with Gasteiger partial charge in [0.2, 0.25) is 5.91 Å². The molecule has 0 saturated carbocycles. The number of benzene rings is 2. The van der Waals surface area contributed by atoms with Gasteiger partial charge in [0.15, 0.2) is 17.3 Å². The van der Waals surface area contributed by atoms with E-state index in [0.29, 0.717) is 22.1 Å². The molecule has 29 heavy (non-hydrogen) atoms. The molecule has 2 aromatic carbocycles. The normalized spacial score (nSPS) is 11.0. The highest BCUT2D eigenvalue weighted by Crippen LogP contribution is 2.31. The molecule has 1 aromatic heterocycles. The van der Waals surface area contributed by atoms with E-state index in [1.807, 2.05) is 23.6 Å². The first-order valence-corrected chi connectivity index (χ1v) is 10.0. The molecule has 6 nitrogen and oxygen atoms in total. The summed E-state index contributed by atoms with van der Waals surface area (Å²) in [5.74, 6) is 0.505. The van der Waals surface area contributed by atoms with Crippen molar-refractivity contribution in [3.8, 4) is 11.5 Å². The van der Waals surface area contributed by atoms with Crippen molar-refractivity contribution in [2.24, 2.45) is 5.10 Å². The number of hydrazone groups is 1. The van der Waals surface area contributed by atoms with E-state index in [1.165, 1.54) is 25.6 Å². The first-order valence-electron chi connectivity index (χ1n) is 8.76. The van der Waals surface area contributed by atoms with Crippen LogP contribution in [-0.4, -0.2) is 32.1 Å². The van der Waals surface area contributed by atoms with Crippen LogP contribution >= 0.6 is 22.9 Å². The number of Topliss-reactive ketones (excluding diaryl/α,β-unsaturated/α-hetero) is 1. The number of fused-ring (bicyclic) bond motifs is 1. The van der Waals surface area contributed by atoms with Crippen molar-refractivity contribution in [2.45, 2.75) is 12.8 Å². The number of nitrogens with one attached hydrogen (secondary N) is 1. The van der Waals surface area contributed by atoms with Gasteiger partial charge in [0.25, 0.3) is 0 Å². The zero-order chi connectivity index (χ0) is 20.8. The van der Waals surface area contributed by atoms with E-state index in [4.69, 9.17) is 21.1 Å². The molecule has 0 saturated heterocycles. The van der Waals surface area contributed by atoms with Crippen LogP contribution in [0, 0.1) is 0 Å². The molecule has 1 amide bonds. The Morgan fingerprint density at radius 3 is 2.69 bits per heavy atom. The van der Waals surface area contributed by atoms with Gasteiger partial charge in [0.05, 0.1) is 30.2 Å². The number of nitrogens with zero attached hydrogens (tertiary/aromatic N) is 1. The third-order valence-corrected chi connectivity index (χ3v) is 5.73. The van der Waals surface area contributed by atoms with Crippen LogP contribution < -0.4 is 14.9 Å². The minimum Gasteiger partial charge on any atom is -0.493 e. The fourth-order valence-electron chi connectivity index (χ4n) is 2.75. The summed E-state index contributed by atoms with van der Waals surface area (Å²) in [7, 11) is 3.03. The van der Waals surface area contributed by atoms with Crippen LogP contribution in [0.15, 0.2) is 46.9 Å². The molecule has 0 aliphatic heterocycles. The van der Waals surface area contributed by atoms with Crippen molar-refractivity contribution >= 4 is 50.9 Å². The summed E-state index contributed by atoms with van der Waals surface area (Å²) in [6.07, 6.45) is 1.66. The maximum Gasteiger partial charge on any atom is 0.240 e. The Balaban J connectivity index is 1.55. The van der Waals surface area contributed by atoms with E-state index >= 15 is 0 Å². The van der Waals surface area contributed by atoms with Crippen LogP contribution in [-0.2, 0) is 4.79 Å². The Labute approximate surface area is 177 Å². The predicted octanol–water partition coefficient (Wildman–Crippen LogP) is 4.69. The van der Waals surface area contributed by atoms with Gasteiger partial charge < -0.3 is 9.47 Å². The highest BCUT2D eigenvalue weighted by atomic mass is 35.5. The van der Waals surface area contributed by atoms with Crippen molar-refractivity contribution in [1.82, 2.24) is 5.43 Å². The molecule has 0 spiro atoms. The minimum absolute atomic E-state index is 0.0285. The summed E-state index contributed by atoms with van der Waals surface area (Å²) in [5.41, 5.74) is 3.78. The second kappa shape index (κ2) is 9.54. The number of halogens is 1. The van der Waals surface area contributed by atoms with Gasteiger partial charge in [-0.15, -0.1) is 11.3 Å². The van der Waals surface area contributed by atoms with E-state index < -0.39 is 0 Å². The van der Waals surface area contributed by atoms with Crippen LogP contribution in [0.1, 0.15) is 28.8 Å². The third kappa shape index (κ3) is 4.93. The van der Waals surface area contributed by atoms with Crippen molar-refractivity contribution < 1.29 is 19.1 Å². The Bertz CT molecular complexity index is 1080. The van der Waals surface area contributed by atoms with Crippen LogP contribution in [0.3, 0.4) is 0 Å². The summed E-state index contributed by atoms with van der Waals surface area (Å²) in [6.45, 7) is 0. The lowest BCUT2D eigenvalue weighted by molar-refractivity contribution is -0.121. The standard InChI is InChI=1S/C21H19ClN2O4S/c1-27-18-8-6-13(10-19(18)28-2)17(25)7-9-20(26)24-23-11-14-12-29-21-15(14)4-3-5-16(21)22/h3-6,8,10-12H,7,9H2,1-2H3,(H,24,26)/b23-11+. The van der Waals surface area contributed by atoms with E-state index in [1.54, 1.807) is 24.4 Å². The molecule has 1 N–H and O–H groups in total. The second-order valence-corrected chi connectivity index (χ2v) is 7.38. The molecule has 3 rings (SSSR count). The average molecular weight is 431 g/mol. The molecule has 0 atom stereocenters. The Morgan fingerprint density at radius 1 is 1.14 bits per heavy atom. The lowest BCUT2D eigenvalue weighted by atomic mass is 10.1. The zero-order valence-corrected chi connectivity index (χ0v) is 17.5. The van der Waals surface area contributed by atoms with Gasteiger partial charge in [-0.3, -0.25) is 9.59 Å². The fourth-order valence-corrected chi connectivity index (χ4v) is 3.99. The molecule has 0 bridgehead atoms. The summed E-state index contributed by atoms with van der Waals surface area (Å²) in [6, 6.07) is 10.6. The molecule has 0 unspecified atom stereocenters. The maximum absolute atomic E-state index is 12.3. The summed E-state index contributed by atoms with van der Waals surface area (Å²) >= 11 is 7.68. The number of hydrogen-bond acceptors (Lipinski definition) is 6. The quantitative estimate of drug-likeness (QED) is 0.319. The Morgan fingerprint density at radius 2 is 1.93 bits per heavy atom. The number of carbonyl (C=O) groups is 2. The van der Waals surface area contributed by atoms with Gasteiger partial charge in [-0.2, -0.15) is 5.10 Å². The van der Waals surface area contributed by atoms with Crippen molar-refractivity contribution in [3.05, 3.63) is 57.9 Å². The number of hydrogen-bond donors (Lipinski definition) is 1. The fraction of sp³-hybridized carbons (Fsp3) is 0.190. The first-order chi connectivity index (χ1) is 14.0. The lowest BCUT2D eigenvalue weighted by Gasteiger charge is -2.08. The van der Waals surface area contributed by atoms with Crippen LogP contribution in [0.4, 0.5) is 0 Å². The molecule has 0 fully saturated rings. The lowest BCUT2D eigenvalue weighted by Crippen LogP contribution is -2.18. The Hall–Kier alpha value is -2.90. The summed E-state index contributed by atoms with van der Waals surface area (Å²) in [5, 5.41) is 7.57. The van der Waals surface area contributed by atoms with Gasteiger partial charge in [-0.05, 0) is 24.3 Å². The molecule has 8 heteroatoms. The number of rotatable bonds is 8. The average Bonchev–Trinajstić information content (AvgIpc) is 3.16. The largest absolute Gasteiger partial charge is 0.493 e. The molecule has 0 aliphatic rings. The minimum atomic E-state index is -0.340. The molecule has 150 valence electrons. The van der Waals surface area contributed by atoms with Gasteiger partial charge >= 0.3 is 0 Å². The number of carbonyl (C=O) groups excluding carboxylic acids is 2. The first kappa shape index (κ1) is 20.8. The van der Waals surface area contributed by atoms with Gasteiger partial charge in [-0.1, -0.05) is 23.7 Å². The van der Waals surface area contributed by atoms with Crippen molar-refractivity contribution in [1.29, 1.82) is 0 Å². The summed E-state index contributed by atoms with van der Waals surface area (Å²) in [4.78, 5) is 24.3. The highest BCUT2D eigenvalue weighted by Gasteiger charge is 2.12. The smallest absolute Gasteiger partial charge is 0.240 e. The Kier molecular flexibility index (Phi) is 6.85. The third-order valence-electron chi connectivity index (χ3n) is 4.26. The van der Waals surface area contributed by atoms with Crippen molar-refractivity contribution in [2.75, 3.05) is 14.2 Å². The van der Waals surface area contributed by atoms with E-state index in [-0.39, 0.29) is 24.5 Å². The van der Waals surface area contributed by atoms with Gasteiger partial charge in [-0.25, -0.2) is 5.43 Å². The monoisotopic (exact) mass is 430 g/mol. The highest BCUT2D eigenvalue weighted by molar-refractivity contribution is 7.18. The predicted molar refractivity (Wildman–Crippen MR) is 116 cm³/mol. The topological polar surface area (TPSA) is 77.0 Å². The number of amides is 1. The van der Waals surface area contributed by atoms with Crippen LogP contribution in [0.25, 0.3) is 10.1 Å². The van der Waals surface area contributed by atoms with Gasteiger partial charge in [0.1, 0.15) is 0 Å². The van der Waals surface area contributed by atoms with Crippen LogP contribution in [0.5, 0.6) is 11.5 Å². The number of ketones is 1. The summed E-state index contributed by atoms with van der Waals surface area (Å²) < 4.78 is 11.3. The molecular weight excluding hydrogens is 412 g/mol. The van der Waals surface area contributed by atoms with E-state index in [9.17, 15) is 9.59 Å². The molecule has 1 heterocycles. The maximum atomic E-state index is 12.3. The number of methoxy groups -OCH3 is 2. The number of thiophene rings is 1. The van der Waals surface area contributed by atoms with Gasteiger partial charge in [0, 0.05) is 34.7 Å². The van der Waals surface area contributed by atoms with Crippen LogP contribution in [0.2, 0.25) is 5.02 Å². The zero-order valence-electron chi connectivity index (χ0n) is 15.9.